The van der Waals surface area contributed by atoms with Gasteiger partial charge in [0.15, 0.2) is 0 Å². The summed E-state index contributed by atoms with van der Waals surface area (Å²) in [6.45, 7) is 5.65. The van der Waals surface area contributed by atoms with Gasteiger partial charge in [0.25, 0.3) is 5.91 Å². The van der Waals surface area contributed by atoms with Gasteiger partial charge in [-0.2, -0.15) is 0 Å². The molecule has 0 spiro atoms. The van der Waals surface area contributed by atoms with E-state index in [1.165, 1.54) is 12.1 Å². The lowest BCUT2D eigenvalue weighted by atomic mass is 9.96. The van der Waals surface area contributed by atoms with Crippen molar-refractivity contribution in [1.29, 1.82) is 0 Å². The Bertz CT molecular complexity index is 1050. The number of nitrogens with zero attached hydrogens (tertiary/aromatic N) is 2. The predicted molar refractivity (Wildman–Crippen MR) is 115 cm³/mol. The molecule has 0 atom stereocenters. The van der Waals surface area contributed by atoms with Crippen molar-refractivity contribution in [2.24, 2.45) is 12.8 Å². The van der Waals surface area contributed by atoms with Crippen LogP contribution in [0.3, 0.4) is 0 Å². The standard InChI is InChI=1S/C23H25FN4O/c1-15-20(23(25)29)21(22(27(15)2)16-6-8-18(24)9-7-16)17-4-3-5-19(14-17)28-12-10-26-11-13-28/h3-9,14,26H,10-13H2,1-2H3,(H2,25,29). The highest BCUT2D eigenvalue weighted by Gasteiger charge is 2.25. The van der Waals surface area contributed by atoms with E-state index in [9.17, 15) is 9.18 Å². The van der Waals surface area contributed by atoms with Crippen LogP contribution in [0, 0.1) is 12.7 Å². The maximum Gasteiger partial charge on any atom is 0.251 e. The zero-order valence-corrected chi connectivity index (χ0v) is 16.7. The number of halogens is 1. The minimum atomic E-state index is -0.464. The van der Waals surface area contributed by atoms with E-state index in [0.717, 1.165) is 59.9 Å². The van der Waals surface area contributed by atoms with Gasteiger partial charge in [0.2, 0.25) is 0 Å². The third kappa shape index (κ3) is 3.51. The quantitative estimate of drug-likeness (QED) is 0.716. The zero-order valence-electron chi connectivity index (χ0n) is 16.7. The van der Waals surface area contributed by atoms with Gasteiger partial charge in [0.05, 0.1) is 11.3 Å². The number of rotatable bonds is 4. The molecule has 0 bridgehead atoms. The zero-order chi connectivity index (χ0) is 20.5. The molecule has 29 heavy (non-hydrogen) atoms. The molecule has 0 aliphatic carbocycles. The molecule has 1 aromatic heterocycles. The second-order valence-corrected chi connectivity index (χ2v) is 7.40. The largest absolute Gasteiger partial charge is 0.369 e. The number of hydrogen-bond acceptors (Lipinski definition) is 3. The van der Waals surface area contributed by atoms with Crippen LogP contribution < -0.4 is 16.0 Å². The second-order valence-electron chi connectivity index (χ2n) is 7.40. The lowest BCUT2D eigenvalue weighted by Gasteiger charge is -2.29. The van der Waals surface area contributed by atoms with Crippen LogP contribution in [0.4, 0.5) is 10.1 Å². The Morgan fingerprint density at radius 3 is 2.41 bits per heavy atom. The number of nitrogens with one attached hydrogen (secondary N) is 1. The number of amides is 1. The van der Waals surface area contributed by atoms with Gasteiger partial charge in [-0.15, -0.1) is 0 Å². The number of primary amides is 1. The van der Waals surface area contributed by atoms with E-state index in [0.29, 0.717) is 5.56 Å². The molecule has 3 aromatic rings. The average molecular weight is 392 g/mol. The predicted octanol–water partition coefficient (Wildman–Crippen LogP) is 3.32. The molecule has 6 heteroatoms. The van der Waals surface area contributed by atoms with Crippen LogP contribution in [-0.2, 0) is 7.05 Å². The molecule has 2 heterocycles. The summed E-state index contributed by atoms with van der Waals surface area (Å²) in [5.41, 5.74) is 11.6. The molecule has 1 aliphatic rings. The third-order valence-corrected chi connectivity index (χ3v) is 5.67. The first-order valence-electron chi connectivity index (χ1n) is 9.78. The van der Waals surface area contributed by atoms with E-state index in [4.69, 9.17) is 5.73 Å². The van der Waals surface area contributed by atoms with E-state index < -0.39 is 5.91 Å². The maximum absolute atomic E-state index is 13.5. The number of hydrogen-bond donors (Lipinski definition) is 2. The van der Waals surface area contributed by atoms with Crippen LogP contribution in [0.1, 0.15) is 16.1 Å². The minimum Gasteiger partial charge on any atom is -0.369 e. The SMILES string of the molecule is Cc1c(C(N)=O)c(-c2cccc(N3CCNCC3)c2)c(-c2ccc(F)cc2)n1C. The summed E-state index contributed by atoms with van der Waals surface area (Å²) in [6.07, 6.45) is 0. The summed E-state index contributed by atoms with van der Waals surface area (Å²) in [5, 5.41) is 3.36. The van der Waals surface area contributed by atoms with Gasteiger partial charge >= 0.3 is 0 Å². The number of piperazine rings is 1. The molecule has 1 amide bonds. The van der Waals surface area contributed by atoms with Crippen molar-refractivity contribution in [2.45, 2.75) is 6.92 Å². The molecular formula is C23H25FN4O. The molecule has 0 radical (unpaired) electrons. The number of anilines is 1. The van der Waals surface area contributed by atoms with Crippen molar-refractivity contribution in [1.82, 2.24) is 9.88 Å². The van der Waals surface area contributed by atoms with E-state index in [-0.39, 0.29) is 5.82 Å². The number of carbonyl (C=O) groups is 1. The first kappa shape index (κ1) is 19.2. The number of nitrogens with two attached hydrogens (primary N) is 1. The van der Waals surface area contributed by atoms with Gasteiger partial charge < -0.3 is 20.5 Å². The molecule has 1 aliphatic heterocycles. The van der Waals surface area contributed by atoms with Gasteiger partial charge in [-0.05, 0) is 54.4 Å². The summed E-state index contributed by atoms with van der Waals surface area (Å²) < 4.78 is 15.5. The second kappa shape index (κ2) is 7.72. The first-order chi connectivity index (χ1) is 14.0. The summed E-state index contributed by atoms with van der Waals surface area (Å²) in [4.78, 5) is 14.7. The fourth-order valence-corrected chi connectivity index (χ4v) is 4.11. The average Bonchev–Trinajstić information content (AvgIpc) is 3.00. The monoisotopic (exact) mass is 392 g/mol. The molecule has 3 N–H and O–H groups in total. The number of carbonyl (C=O) groups excluding carboxylic acids is 1. The lowest BCUT2D eigenvalue weighted by molar-refractivity contribution is 0.1000. The molecule has 1 fully saturated rings. The Balaban J connectivity index is 1.92. The highest BCUT2D eigenvalue weighted by molar-refractivity contribution is 6.05. The van der Waals surface area contributed by atoms with Gasteiger partial charge in [-0.3, -0.25) is 4.79 Å². The normalized spacial score (nSPS) is 14.2. The molecule has 4 rings (SSSR count). The van der Waals surface area contributed by atoms with Gasteiger partial charge in [-0.1, -0.05) is 12.1 Å². The third-order valence-electron chi connectivity index (χ3n) is 5.67. The Kier molecular flexibility index (Phi) is 5.11. The molecule has 2 aromatic carbocycles. The van der Waals surface area contributed by atoms with Crippen LogP contribution in [-0.4, -0.2) is 36.7 Å². The van der Waals surface area contributed by atoms with E-state index >= 15 is 0 Å². The fraction of sp³-hybridized carbons (Fsp3) is 0.261. The van der Waals surface area contributed by atoms with Crippen molar-refractivity contribution < 1.29 is 9.18 Å². The molecule has 0 unspecified atom stereocenters. The van der Waals surface area contributed by atoms with E-state index in [2.05, 4.69) is 22.3 Å². The minimum absolute atomic E-state index is 0.294. The Labute approximate surface area is 169 Å². The van der Waals surface area contributed by atoms with Crippen molar-refractivity contribution in [3.05, 3.63) is 65.6 Å². The van der Waals surface area contributed by atoms with Crippen LogP contribution in [0.25, 0.3) is 22.4 Å². The van der Waals surface area contributed by atoms with Crippen molar-refractivity contribution in [3.8, 4) is 22.4 Å². The molecule has 150 valence electrons. The molecule has 1 saturated heterocycles. The van der Waals surface area contributed by atoms with Crippen molar-refractivity contribution in [2.75, 3.05) is 31.1 Å². The number of benzene rings is 2. The summed E-state index contributed by atoms with van der Waals surface area (Å²) >= 11 is 0. The van der Waals surface area contributed by atoms with E-state index in [1.54, 1.807) is 12.1 Å². The highest BCUT2D eigenvalue weighted by atomic mass is 19.1. The first-order valence-corrected chi connectivity index (χ1v) is 9.78. The van der Waals surface area contributed by atoms with Crippen LogP contribution >= 0.6 is 0 Å². The van der Waals surface area contributed by atoms with Crippen LogP contribution in [0.2, 0.25) is 0 Å². The molecule has 0 saturated carbocycles. The van der Waals surface area contributed by atoms with E-state index in [1.807, 2.05) is 30.7 Å². The van der Waals surface area contributed by atoms with Gasteiger partial charge in [0.1, 0.15) is 5.82 Å². The van der Waals surface area contributed by atoms with Crippen LogP contribution in [0.15, 0.2) is 48.5 Å². The van der Waals surface area contributed by atoms with Crippen molar-refractivity contribution in [3.63, 3.8) is 0 Å². The summed E-state index contributed by atoms with van der Waals surface area (Å²) in [6, 6.07) is 14.5. The fourth-order valence-electron chi connectivity index (χ4n) is 4.11. The lowest BCUT2D eigenvalue weighted by Crippen LogP contribution is -2.43. The Hall–Kier alpha value is -3.12. The molecule has 5 nitrogen and oxygen atoms in total. The number of aromatic nitrogens is 1. The van der Waals surface area contributed by atoms with Crippen LogP contribution in [0.5, 0.6) is 0 Å². The smallest absolute Gasteiger partial charge is 0.251 e. The topological polar surface area (TPSA) is 63.3 Å². The maximum atomic E-state index is 13.5. The van der Waals surface area contributed by atoms with Gasteiger partial charge in [-0.25, -0.2) is 4.39 Å². The summed E-state index contributed by atoms with van der Waals surface area (Å²) in [5.74, 6) is -0.758. The summed E-state index contributed by atoms with van der Waals surface area (Å²) in [7, 11) is 1.91. The molecular weight excluding hydrogens is 367 g/mol. The van der Waals surface area contributed by atoms with Gasteiger partial charge in [0, 0.05) is 50.2 Å². The highest BCUT2D eigenvalue weighted by Crippen LogP contribution is 2.39. The Morgan fingerprint density at radius 1 is 1.07 bits per heavy atom. The Morgan fingerprint density at radius 2 is 1.76 bits per heavy atom. The van der Waals surface area contributed by atoms with Crippen molar-refractivity contribution >= 4 is 11.6 Å².